The van der Waals surface area contributed by atoms with Gasteiger partial charge in [-0.05, 0) is 26.7 Å². The molecule has 0 aliphatic heterocycles. The van der Waals surface area contributed by atoms with Crippen LogP contribution in [0.5, 0.6) is 0 Å². The largest absolute Gasteiger partial charge is 0.506 e. The molecule has 1 aliphatic rings. The van der Waals surface area contributed by atoms with Gasteiger partial charge >= 0.3 is 5.97 Å². The Kier molecular flexibility index (Phi) is 5.26. The molecular weight excluding hydrogens is 330 g/mol. The molecule has 4 nitrogen and oxygen atoms in total. The number of aliphatic imine (C=N–C) groups is 1. The van der Waals surface area contributed by atoms with Gasteiger partial charge in [0.2, 0.25) is 0 Å². The lowest BCUT2D eigenvalue weighted by Crippen LogP contribution is -2.14. The summed E-state index contributed by atoms with van der Waals surface area (Å²) >= 11 is 0. The fourth-order valence-electron chi connectivity index (χ4n) is 1.98. The van der Waals surface area contributed by atoms with E-state index in [-0.39, 0.29) is 12.6 Å². The van der Waals surface area contributed by atoms with Crippen molar-refractivity contribution in [1.29, 1.82) is 0 Å². The first-order valence-corrected chi connectivity index (χ1v) is 7.26. The number of aliphatic hydroxyl groups excluding tert-OH is 1. The standard InChI is InChI=1S/C16H15F4NO3/c1-3-24-16(23)9(6-21-8-4-5-8)15(22)10-7(2)11(17)13(19)14(20)12(10)18/h6,8,22H,3-5H2,1-2H3. The van der Waals surface area contributed by atoms with Crippen LogP contribution in [0.3, 0.4) is 0 Å². The van der Waals surface area contributed by atoms with Gasteiger partial charge in [-0.1, -0.05) is 0 Å². The smallest absolute Gasteiger partial charge is 0.343 e. The van der Waals surface area contributed by atoms with Crippen LogP contribution in [0, 0.1) is 30.2 Å². The van der Waals surface area contributed by atoms with Gasteiger partial charge < -0.3 is 9.84 Å². The molecule has 0 aromatic heterocycles. The average Bonchev–Trinajstić information content (AvgIpc) is 3.36. The molecular formula is C16H15F4NO3. The predicted octanol–water partition coefficient (Wildman–Crippen LogP) is 3.62. The van der Waals surface area contributed by atoms with E-state index in [2.05, 4.69) is 4.99 Å². The average molecular weight is 345 g/mol. The molecule has 0 atom stereocenters. The molecule has 2 rings (SSSR count). The van der Waals surface area contributed by atoms with Crippen molar-refractivity contribution in [3.05, 3.63) is 40.0 Å². The van der Waals surface area contributed by atoms with Crippen molar-refractivity contribution in [3.63, 3.8) is 0 Å². The molecule has 24 heavy (non-hydrogen) atoms. The number of hydrogen-bond donors (Lipinski definition) is 1. The van der Waals surface area contributed by atoms with Crippen LogP contribution in [0.25, 0.3) is 5.76 Å². The summed E-state index contributed by atoms with van der Waals surface area (Å²) in [5, 5.41) is 10.2. The monoisotopic (exact) mass is 345 g/mol. The quantitative estimate of drug-likeness (QED) is 0.169. The molecule has 1 saturated carbocycles. The SMILES string of the molecule is CCOC(=O)C(C=NC1CC1)=C(O)c1c(C)c(F)c(F)c(F)c1F. The molecule has 0 heterocycles. The molecule has 0 bridgehead atoms. The maximum absolute atomic E-state index is 14.0. The van der Waals surface area contributed by atoms with Crippen LogP contribution in [0.1, 0.15) is 30.9 Å². The van der Waals surface area contributed by atoms with Crippen LogP contribution in [-0.4, -0.2) is 29.9 Å². The molecule has 1 aromatic carbocycles. The number of hydrogen-bond acceptors (Lipinski definition) is 4. The summed E-state index contributed by atoms with van der Waals surface area (Å²) in [6, 6.07) is -0.0325. The van der Waals surface area contributed by atoms with Crippen LogP contribution in [0.4, 0.5) is 17.6 Å². The highest BCUT2D eigenvalue weighted by atomic mass is 19.2. The highest BCUT2D eigenvalue weighted by Gasteiger charge is 2.28. The van der Waals surface area contributed by atoms with Gasteiger partial charge in [0.05, 0.1) is 18.2 Å². The zero-order chi connectivity index (χ0) is 18.0. The first-order valence-electron chi connectivity index (χ1n) is 7.26. The highest BCUT2D eigenvalue weighted by molar-refractivity contribution is 6.15. The minimum absolute atomic E-state index is 0.0325. The lowest BCUT2D eigenvalue weighted by molar-refractivity contribution is -0.137. The first-order chi connectivity index (χ1) is 11.3. The Hall–Kier alpha value is -2.38. The van der Waals surface area contributed by atoms with E-state index in [4.69, 9.17) is 4.74 Å². The number of ether oxygens (including phenoxy) is 1. The predicted molar refractivity (Wildman–Crippen MR) is 78.7 cm³/mol. The van der Waals surface area contributed by atoms with Gasteiger partial charge in [-0.2, -0.15) is 0 Å². The van der Waals surface area contributed by atoms with Crippen LogP contribution in [-0.2, 0) is 9.53 Å². The third-order valence-corrected chi connectivity index (χ3v) is 3.45. The molecule has 1 aromatic rings. The number of rotatable bonds is 5. The van der Waals surface area contributed by atoms with E-state index < -0.39 is 51.7 Å². The van der Waals surface area contributed by atoms with E-state index in [1.54, 1.807) is 0 Å². The first kappa shape index (κ1) is 18.0. The minimum atomic E-state index is -2.08. The molecule has 0 spiro atoms. The van der Waals surface area contributed by atoms with Crippen LogP contribution in [0.2, 0.25) is 0 Å². The Bertz CT molecular complexity index is 710. The molecule has 0 saturated heterocycles. The summed E-state index contributed by atoms with van der Waals surface area (Å²) in [5.74, 6) is -9.63. The Morgan fingerprint density at radius 1 is 1.21 bits per heavy atom. The van der Waals surface area contributed by atoms with Crippen LogP contribution in [0.15, 0.2) is 10.6 Å². The van der Waals surface area contributed by atoms with Gasteiger partial charge in [-0.3, -0.25) is 4.99 Å². The Morgan fingerprint density at radius 3 is 2.33 bits per heavy atom. The maximum atomic E-state index is 14.0. The molecule has 1 aliphatic carbocycles. The fourth-order valence-corrected chi connectivity index (χ4v) is 1.98. The van der Waals surface area contributed by atoms with Crippen molar-refractivity contribution in [2.24, 2.45) is 4.99 Å². The third-order valence-electron chi connectivity index (χ3n) is 3.45. The van der Waals surface area contributed by atoms with Gasteiger partial charge in [0, 0.05) is 11.8 Å². The second-order valence-electron chi connectivity index (χ2n) is 5.25. The number of esters is 1. The second kappa shape index (κ2) is 7.02. The Morgan fingerprint density at radius 2 is 1.79 bits per heavy atom. The summed E-state index contributed by atoms with van der Waals surface area (Å²) in [4.78, 5) is 15.9. The summed E-state index contributed by atoms with van der Waals surface area (Å²) in [5.41, 5.74) is -2.18. The van der Waals surface area contributed by atoms with Gasteiger partial charge in [-0.15, -0.1) is 0 Å². The number of benzene rings is 1. The molecule has 8 heteroatoms. The molecule has 0 amide bonds. The van der Waals surface area contributed by atoms with Crippen molar-refractivity contribution in [1.82, 2.24) is 0 Å². The highest BCUT2D eigenvalue weighted by Crippen LogP contribution is 2.30. The minimum Gasteiger partial charge on any atom is -0.506 e. The summed E-state index contributed by atoms with van der Waals surface area (Å²) in [7, 11) is 0. The van der Waals surface area contributed by atoms with E-state index in [1.165, 1.54) is 6.92 Å². The lowest BCUT2D eigenvalue weighted by atomic mass is 10.0. The second-order valence-corrected chi connectivity index (χ2v) is 5.25. The third kappa shape index (κ3) is 3.42. The van der Waals surface area contributed by atoms with Crippen LogP contribution < -0.4 is 0 Å². The maximum Gasteiger partial charge on any atom is 0.343 e. The van der Waals surface area contributed by atoms with E-state index in [0.717, 1.165) is 26.0 Å². The van der Waals surface area contributed by atoms with Crippen molar-refractivity contribution in [2.45, 2.75) is 32.7 Å². The van der Waals surface area contributed by atoms with Crippen molar-refractivity contribution in [3.8, 4) is 0 Å². The number of nitrogens with zero attached hydrogens (tertiary/aromatic N) is 1. The van der Waals surface area contributed by atoms with Gasteiger partial charge in [-0.25, -0.2) is 22.4 Å². The van der Waals surface area contributed by atoms with Crippen molar-refractivity contribution >= 4 is 17.9 Å². The van der Waals surface area contributed by atoms with Gasteiger partial charge in [0.25, 0.3) is 0 Å². The zero-order valence-corrected chi connectivity index (χ0v) is 13.0. The van der Waals surface area contributed by atoms with Crippen molar-refractivity contribution in [2.75, 3.05) is 6.61 Å². The summed E-state index contributed by atoms with van der Waals surface area (Å²) < 4.78 is 59.1. The topological polar surface area (TPSA) is 58.9 Å². The van der Waals surface area contributed by atoms with E-state index >= 15 is 0 Å². The summed E-state index contributed by atoms with van der Waals surface area (Å²) in [6.07, 6.45) is 2.56. The van der Waals surface area contributed by atoms with E-state index in [0.29, 0.717) is 0 Å². The Balaban J connectivity index is 2.64. The number of carbonyl (C=O) groups excluding carboxylic acids is 1. The molecule has 0 unspecified atom stereocenters. The van der Waals surface area contributed by atoms with E-state index in [9.17, 15) is 27.5 Å². The van der Waals surface area contributed by atoms with Crippen LogP contribution >= 0.6 is 0 Å². The Labute approximate surface area is 135 Å². The number of carbonyl (C=O) groups is 1. The van der Waals surface area contributed by atoms with Gasteiger partial charge in [0.1, 0.15) is 11.3 Å². The summed E-state index contributed by atoms with van der Waals surface area (Å²) in [6.45, 7) is 2.42. The molecule has 1 N–H and O–H groups in total. The normalized spacial score (nSPS) is 15.6. The van der Waals surface area contributed by atoms with Gasteiger partial charge in [0.15, 0.2) is 23.3 Å². The van der Waals surface area contributed by atoms with E-state index in [1.807, 2.05) is 0 Å². The lowest BCUT2D eigenvalue weighted by Gasteiger charge is -2.12. The fraction of sp³-hybridized carbons (Fsp3) is 0.375. The molecule has 130 valence electrons. The van der Waals surface area contributed by atoms with Crippen molar-refractivity contribution < 1.29 is 32.2 Å². The number of halogens is 4. The molecule has 1 fully saturated rings. The molecule has 0 radical (unpaired) electrons. The zero-order valence-electron chi connectivity index (χ0n) is 13.0. The number of aliphatic hydroxyl groups is 1.